The zero-order valence-corrected chi connectivity index (χ0v) is 18.4. The third kappa shape index (κ3) is 3.36. The number of nitrogens with zero attached hydrogens (tertiary/aromatic N) is 3. The summed E-state index contributed by atoms with van der Waals surface area (Å²) >= 11 is 1.65. The minimum Gasteiger partial charge on any atom is -0.478 e. The molecule has 1 aliphatic rings. The van der Waals surface area contributed by atoms with Crippen molar-refractivity contribution < 1.29 is 9.90 Å². The third-order valence-corrected chi connectivity index (χ3v) is 6.88. The maximum absolute atomic E-state index is 12.2. The fraction of sp³-hybridized carbons (Fsp3) is 0.0741. The van der Waals surface area contributed by atoms with E-state index in [-0.39, 0.29) is 0 Å². The van der Waals surface area contributed by atoms with Crippen molar-refractivity contribution in [3.8, 4) is 16.3 Å². The summed E-state index contributed by atoms with van der Waals surface area (Å²) in [6.07, 6.45) is 5.58. The first-order valence-electron chi connectivity index (χ1n) is 10.7. The molecule has 0 fully saturated rings. The lowest BCUT2D eigenvalue weighted by atomic mass is 10.0. The first kappa shape index (κ1) is 19.6. The van der Waals surface area contributed by atoms with Crippen LogP contribution in [0.15, 0.2) is 78.3 Å². The Morgan fingerprint density at radius 2 is 1.79 bits per heavy atom. The van der Waals surface area contributed by atoms with E-state index in [1.165, 1.54) is 0 Å². The molecule has 0 aliphatic heterocycles. The Bertz CT molecular complexity index is 1530. The second kappa shape index (κ2) is 7.83. The highest BCUT2D eigenvalue weighted by atomic mass is 32.1. The molecule has 1 aliphatic carbocycles. The largest absolute Gasteiger partial charge is 0.478 e. The van der Waals surface area contributed by atoms with E-state index in [4.69, 9.17) is 10.1 Å². The van der Waals surface area contributed by atoms with Gasteiger partial charge in [-0.3, -0.25) is 0 Å². The van der Waals surface area contributed by atoms with Gasteiger partial charge >= 0.3 is 5.97 Å². The summed E-state index contributed by atoms with van der Waals surface area (Å²) < 4.78 is 1.90. The van der Waals surface area contributed by atoms with Crippen LogP contribution < -0.4 is 0 Å². The van der Waals surface area contributed by atoms with Gasteiger partial charge in [0.05, 0.1) is 27.3 Å². The molecule has 0 spiro atoms. The SMILES string of the molecule is O=C(O)c1c2c(nc3ccccc13)/C(=C/c1cn(-c3ccccc3)nc1-c1cccs1)CC2. The molecule has 1 N–H and O–H groups in total. The molecule has 0 amide bonds. The normalized spacial score (nSPS) is 14.1. The molecule has 5 nitrogen and oxygen atoms in total. The molecule has 0 unspecified atom stereocenters. The Hall–Kier alpha value is -4.03. The number of hydrogen-bond donors (Lipinski definition) is 1. The summed E-state index contributed by atoms with van der Waals surface area (Å²) in [5, 5.41) is 17.6. The molecule has 33 heavy (non-hydrogen) atoms. The standard InChI is InChI=1S/C27H19N3O2S/c31-27(32)24-20-9-4-5-10-22(20)28-25-17(12-13-21(24)25)15-18-16-30(19-7-2-1-3-8-19)29-26(18)23-11-6-14-33-23/h1-11,14-16H,12-13H2,(H,31,32)/b17-15+. The van der Waals surface area contributed by atoms with E-state index in [2.05, 4.69) is 12.1 Å². The first-order chi connectivity index (χ1) is 16.2. The molecule has 0 saturated carbocycles. The van der Waals surface area contributed by atoms with Gasteiger partial charge in [-0.1, -0.05) is 42.5 Å². The maximum Gasteiger partial charge on any atom is 0.336 e. The molecule has 0 bridgehead atoms. The van der Waals surface area contributed by atoms with E-state index >= 15 is 0 Å². The number of carboxylic acids is 1. The number of fused-ring (bicyclic) bond motifs is 2. The Labute approximate surface area is 194 Å². The molecular weight excluding hydrogens is 430 g/mol. The number of allylic oxidation sites excluding steroid dienone is 1. The van der Waals surface area contributed by atoms with Gasteiger partial charge in [-0.05, 0) is 59.7 Å². The van der Waals surface area contributed by atoms with Crippen molar-refractivity contribution in [3.05, 3.63) is 101 Å². The monoisotopic (exact) mass is 449 g/mol. The van der Waals surface area contributed by atoms with Gasteiger partial charge in [0.15, 0.2) is 0 Å². The van der Waals surface area contributed by atoms with E-state index in [1.54, 1.807) is 11.3 Å². The number of benzene rings is 2. The Balaban J connectivity index is 1.54. The number of thiophene rings is 1. The average Bonchev–Trinajstić information content (AvgIpc) is 3.59. The number of carbonyl (C=O) groups is 1. The summed E-state index contributed by atoms with van der Waals surface area (Å²) in [4.78, 5) is 18.1. The van der Waals surface area contributed by atoms with Crippen LogP contribution in [0, 0.1) is 0 Å². The minimum atomic E-state index is -0.901. The van der Waals surface area contributed by atoms with Gasteiger partial charge in [-0.2, -0.15) is 5.10 Å². The van der Waals surface area contributed by atoms with Gasteiger partial charge in [-0.15, -0.1) is 11.3 Å². The van der Waals surface area contributed by atoms with E-state index in [0.29, 0.717) is 22.9 Å². The first-order valence-corrected chi connectivity index (χ1v) is 11.6. The third-order valence-electron chi connectivity index (χ3n) is 6.00. The number of aromatic nitrogens is 3. The van der Waals surface area contributed by atoms with Crippen LogP contribution in [-0.4, -0.2) is 25.8 Å². The van der Waals surface area contributed by atoms with Gasteiger partial charge < -0.3 is 5.11 Å². The minimum absolute atomic E-state index is 0.373. The summed E-state index contributed by atoms with van der Waals surface area (Å²) in [5.74, 6) is -0.901. The molecule has 0 saturated heterocycles. The van der Waals surface area contributed by atoms with E-state index < -0.39 is 5.97 Å². The van der Waals surface area contributed by atoms with Crippen molar-refractivity contribution in [2.24, 2.45) is 0 Å². The van der Waals surface area contributed by atoms with Crippen LogP contribution >= 0.6 is 11.3 Å². The number of hydrogen-bond acceptors (Lipinski definition) is 4. The second-order valence-corrected chi connectivity index (χ2v) is 8.94. The second-order valence-electron chi connectivity index (χ2n) is 8.00. The quantitative estimate of drug-likeness (QED) is 0.348. The lowest BCUT2D eigenvalue weighted by Crippen LogP contribution is -2.05. The van der Waals surface area contributed by atoms with Crippen molar-refractivity contribution in [1.29, 1.82) is 0 Å². The fourth-order valence-electron chi connectivity index (χ4n) is 4.52. The molecule has 160 valence electrons. The molecule has 2 aromatic carbocycles. The maximum atomic E-state index is 12.2. The van der Waals surface area contributed by atoms with Gasteiger partial charge in [0, 0.05) is 17.1 Å². The van der Waals surface area contributed by atoms with Crippen LogP contribution in [0.1, 0.15) is 33.6 Å². The Morgan fingerprint density at radius 3 is 2.58 bits per heavy atom. The van der Waals surface area contributed by atoms with E-state index in [0.717, 1.165) is 45.1 Å². The van der Waals surface area contributed by atoms with Crippen molar-refractivity contribution in [3.63, 3.8) is 0 Å². The van der Waals surface area contributed by atoms with Crippen LogP contribution in [0.5, 0.6) is 0 Å². The highest BCUT2D eigenvalue weighted by molar-refractivity contribution is 7.13. The fourth-order valence-corrected chi connectivity index (χ4v) is 5.25. The zero-order chi connectivity index (χ0) is 22.4. The lowest BCUT2D eigenvalue weighted by molar-refractivity contribution is 0.0698. The number of rotatable bonds is 4. The predicted molar refractivity (Wildman–Crippen MR) is 132 cm³/mol. The topological polar surface area (TPSA) is 68.0 Å². The number of pyridine rings is 1. The molecule has 5 aromatic rings. The number of aromatic carboxylic acids is 1. The average molecular weight is 450 g/mol. The molecular formula is C27H19N3O2S. The van der Waals surface area contributed by atoms with Crippen LogP contribution in [-0.2, 0) is 6.42 Å². The smallest absolute Gasteiger partial charge is 0.336 e. The van der Waals surface area contributed by atoms with Gasteiger partial charge in [0.2, 0.25) is 0 Å². The molecule has 6 rings (SSSR count). The molecule has 3 aromatic heterocycles. The summed E-state index contributed by atoms with van der Waals surface area (Å²) in [6.45, 7) is 0. The van der Waals surface area contributed by atoms with Crippen molar-refractivity contribution in [1.82, 2.24) is 14.8 Å². The van der Waals surface area contributed by atoms with Crippen molar-refractivity contribution in [2.75, 3.05) is 0 Å². The molecule has 6 heteroatoms. The van der Waals surface area contributed by atoms with Gasteiger partial charge in [0.1, 0.15) is 5.69 Å². The molecule has 0 radical (unpaired) electrons. The summed E-state index contributed by atoms with van der Waals surface area (Å²) in [5.41, 5.74) is 6.63. The molecule has 0 atom stereocenters. The highest BCUT2D eigenvalue weighted by Gasteiger charge is 2.27. The lowest BCUT2D eigenvalue weighted by Gasteiger charge is -2.09. The summed E-state index contributed by atoms with van der Waals surface area (Å²) in [7, 11) is 0. The van der Waals surface area contributed by atoms with Gasteiger partial charge in [0.25, 0.3) is 0 Å². The summed E-state index contributed by atoms with van der Waals surface area (Å²) in [6, 6.07) is 21.6. The van der Waals surface area contributed by atoms with E-state index in [1.807, 2.05) is 76.9 Å². The zero-order valence-electron chi connectivity index (χ0n) is 17.6. The Kier molecular flexibility index (Phi) is 4.66. The van der Waals surface area contributed by atoms with Crippen molar-refractivity contribution in [2.45, 2.75) is 12.8 Å². The van der Waals surface area contributed by atoms with Crippen LogP contribution in [0.25, 0.3) is 38.8 Å². The number of para-hydroxylation sites is 2. The molecule has 3 heterocycles. The van der Waals surface area contributed by atoms with Crippen molar-refractivity contribution >= 4 is 39.9 Å². The predicted octanol–water partition coefficient (Wildman–Crippen LogP) is 6.33. The van der Waals surface area contributed by atoms with Crippen LogP contribution in [0.2, 0.25) is 0 Å². The van der Waals surface area contributed by atoms with E-state index in [9.17, 15) is 9.90 Å². The van der Waals surface area contributed by atoms with Crippen LogP contribution in [0.4, 0.5) is 0 Å². The van der Waals surface area contributed by atoms with Crippen LogP contribution in [0.3, 0.4) is 0 Å². The number of carboxylic acid groups (broad SMARTS) is 1. The highest BCUT2D eigenvalue weighted by Crippen LogP contribution is 2.39. The van der Waals surface area contributed by atoms with Gasteiger partial charge in [-0.25, -0.2) is 14.5 Å². The Morgan fingerprint density at radius 1 is 0.970 bits per heavy atom.